The van der Waals surface area contributed by atoms with Gasteiger partial charge in [0.25, 0.3) is 0 Å². The van der Waals surface area contributed by atoms with Gasteiger partial charge < -0.3 is 9.64 Å². The van der Waals surface area contributed by atoms with Crippen molar-refractivity contribution in [1.29, 1.82) is 0 Å². The number of ether oxygens (including phenoxy) is 1. The lowest BCUT2D eigenvalue weighted by Gasteiger charge is -2.16. The van der Waals surface area contributed by atoms with Crippen molar-refractivity contribution in [3.63, 3.8) is 0 Å². The van der Waals surface area contributed by atoms with E-state index in [2.05, 4.69) is 10.5 Å². The number of rotatable bonds is 5. The summed E-state index contributed by atoms with van der Waals surface area (Å²) in [6, 6.07) is 12.8. The fraction of sp³-hybridized carbons (Fsp3) is 0.211. The van der Waals surface area contributed by atoms with E-state index in [9.17, 15) is 14.0 Å². The quantitative estimate of drug-likeness (QED) is 0.661. The molecule has 2 aromatic carbocycles. The highest BCUT2D eigenvalue weighted by Crippen LogP contribution is 2.25. The summed E-state index contributed by atoms with van der Waals surface area (Å²) in [5, 5.41) is 3.93. The van der Waals surface area contributed by atoms with Gasteiger partial charge in [0, 0.05) is 18.7 Å². The third kappa shape index (κ3) is 4.05. The fourth-order valence-electron chi connectivity index (χ4n) is 2.71. The van der Waals surface area contributed by atoms with Crippen LogP contribution < -0.4 is 15.1 Å². The number of halogens is 1. The Labute approximate surface area is 150 Å². The van der Waals surface area contributed by atoms with Crippen LogP contribution in [-0.2, 0) is 9.59 Å². The molecule has 2 amide bonds. The Morgan fingerprint density at radius 3 is 2.58 bits per heavy atom. The van der Waals surface area contributed by atoms with Crippen LogP contribution in [-0.4, -0.2) is 31.7 Å². The Balaban J connectivity index is 1.57. The van der Waals surface area contributed by atoms with E-state index in [1.165, 1.54) is 35.4 Å². The summed E-state index contributed by atoms with van der Waals surface area (Å²) < 4.78 is 18.1. The molecule has 1 atom stereocenters. The van der Waals surface area contributed by atoms with Crippen LogP contribution in [0.5, 0.6) is 5.75 Å². The average molecular weight is 355 g/mol. The van der Waals surface area contributed by atoms with Gasteiger partial charge in [0.1, 0.15) is 11.6 Å². The largest absolute Gasteiger partial charge is 0.497 e. The molecule has 1 fully saturated rings. The molecule has 2 aromatic rings. The molecule has 0 saturated carbocycles. The fourth-order valence-corrected chi connectivity index (χ4v) is 2.71. The number of hydrogen-bond donors (Lipinski definition) is 1. The number of benzene rings is 2. The van der Waals surface area contributed by atoms with E-state index in [1.54, 1.807) is 19.2 Å². The molecule has 0 aromatic heterocycles. The highest BCUT2D eigenvalue weighted by atomic mass is 19.1. The zero-order chi connectivity index (χ0) is 18.5. The minimum absolute atomic E-state index is 0.0985. The van der Waals surface area contributed by atoms with Gasteiger partial charge in [0.15, 0.2) is 0 Å². The number of anilines is 1. The summed E-state index contributed by atoms with van der Waals surface area (Å²) in [4.78, 5) is 25.8. The third-order valence-electron chi connectivity index (χ3n) is 4.14. The Kier molecular flexibility index (Phi) is 5.26. The van der Waals surface area contributed by atoms with Crippen LogP contribution in [0.4, 0.5) is 10.1 Å². The maximum Gasteiger partial charge on any atom is 0.245 e. The summed E-state index contributed by atoms with van der Waals surface area (Å²) in [7, 11) is 1.58. The third-order valence-corrected chi connectivity index (χ3v) is 4.14. The number of carbonyl (C=O) groups excluding carboxylic acids is 2. The van der Waals surface area contributed by atoms with Crippen LogP contribution in [0, 0.1) is 11.7 Å². The first-order valence-corrected chi connectivity index (χ1v) is 8.09. The molecule has 1 heterocycles. The van der Waals surface area contributed by atoms with E-state index < -0.39 is 5.92 Å². The van der Waals surface area contributed by atoms with Crippen molar-refractivity contribution in [3.05, 3.63) is 59.9 Å². The smallest absolute Gasteiger partial charge is 0.245 e. The van der Waals surface area contributed by atoms with Crippen molar-refractivity contribution in [2.24, 2.45) is 11.0 Å². The molecule has 1 aliphatic heterocycles. The number of hydrogen-bond acceptors (Lipinski definition) is 4. The molecule has 7 heteroatoms. The minimum atomic E-state index is -0.499. The SMILES string of the molecule is COc1ccc(/C=N/NC(=O)C2CC(=O)N(c3ccc(F)cc3)C2)cc1. The molecule has 134 valence electrons. The van der Waals surface area contributed by atoms with E-state index in [0.717, 1.165) is 11.3 Å². The number of nitrogens with zero attached hydrogens (tertiary/aromatic N) is 2. The zero-order valence-electron chi connectivity index (χ0n) is 14.2. The lowest BCUT2D eigenvalue weighted by atomic mass is 10.1. The van der Waals surface area contributed by atoms with Gasteiger partial charge in [0.05, 0.1) is 19.2 Å². The van der Waals surface area contributed by atoms with Gasteiger partial charge in [-0.2, -0.15) is 5.10 Å². The number of carbonyl (C=O) groups is 2. The highest BCUT2D eigenvalue weighted by molar-refractivity contribution is 6.00. The second kappa shape index (κ2) is 7.77. The van der Waals surface area contributed by atoms with Crippen LogP contribution in [0.15, 0.2) is 53.6 Å². The average Bonchev–Trinajstić information content (AvgIpc) is 3.05. The molecular formula is C19H18FN3O3. The van der Waals surface area contributed by atoms with Crippen molar-refractivity contribution in [3.8, 4) is 5.75 Å². The summed E-state index contributed by atoms with van der Waals surface area (Å²) in [5.41, 5.74) is 3.85. The summed E-state index contributed by atoms with van der Waals surface area (Å²) in [6.45, 7) is 0.244. The first kappa shape index (κ1) is 17.6. The molecule has 1 N–H and O–H groups in total. The Bertz CT molecular complexity index is 819. The topological polar surface area (TPSA) is 71.0 Å². The van der Waals surface area contributed by atoms with Crippen LogP contribution in [0.1, 0.15) is 12.0 Å². The predicted molar refractivity (Wildman–Crippen MR) is 95.6 cm³/mol. The second-order valence-electron chi connectivity index (χ2n) is 5.89. The molecule has 6 nitrogen and oxygen atoms in total. The highest BCUT2D eigenvalue weighted by Gasteiger charge is 2.35. The molecular weight excluding hydrogens is 337 g/mol. The van der Waals surface area contributed by atoms with E-state index in [-0.39, 0.29) is 30.6 Å². The molecule has 3 rings (SSSR count). The lowest BCUT2D eigenvalue weighted by molar-refractivity contribution is -0.126. The van der Waals surface area contributed by atoms with Gasteiger partial charge in [0.2, 0.25) is 11.8 Å². The number of hydrazone groups is 1. The first-order valence-electron chi connectivity index (χ1n) is 8.09. The van der Waals surface area contributed by atoms with Gasteiger partial charge in [-0.25, -0.2) is 9.82 Å². The summed E-state index contributed by atoms with van der Waals surface area (Å²) in [5.74, 6) is -0.636. The van der Waals surface area contributed by atoms with Gasteiger partial charge in [-0.3, -0.25) is 9.59 Å². The Morgan fingerprint density at radius 1 is 1.23 bits per heavy atom. The standard InChI is InChI=1S/C19H18FN3O3/c1-26-17-8-2-13(3-9-17)11-21-22-19(25)14-10-18(24)23(12-14)16-6-4-15(20)5-7-16/h2-9,11,14H,10,12H2,1H3,(H,22,25)/b21-11+. The molecule has 0 bridgehead atoms. The van der Waals surface area contributed by atoms with Crippen molar-refractivity contribution in [2.45, 2.75) is 6.42 Å². The van der Waals surface area contributed by atoms with Crippen LogP contribution >= 0.6 is 0 Å². The molecule has 1 saturated heterocycles. The van der Waals surface area contributed by atoms with Crippen molar-refractivity contribution >= 4 is 23.7 Å². The van der Waals surface area contributed by atoms with Crippen LogP contribution in [0.2, 0.25) is 0 Å². The molecule has 0 radical (unpaired) electrons. The maximum absolute atomic E-state index is 13.0. The van der Waals surface area contributed by atoms with Gasteiger partial charge in [-0.1, -0.05) is 0 Å². The van der Waals surface area contributed by atoms with E-state index in [4.69, 9.17) is 4.74 Å². The van der Waals surface area contributed by atoms with Crippen molar-refractivity contribution in [2.75, 3.05) is 18.6 Å². The number of methoxy groups -OCH3 is 1. The Morgan fingerprint density at radius 2 is 1.92 bits per heavy atom. The molecule has 0 aliphatic carbocycles. The van der Waals surface area contributed by atoms with Crippen molar-refractivity contribution < 1.29 is 18.7 Å². The number of nitrogens with one attached hydrogen (secondary N) is 1. The molecule has 1 aliphatic rings. The van der Waals surface area contributed by atoms with Gasteiger partial charge in [-0.05, 0) is 54.1 Å². The predicted octanol–water partition coefficient (Wildman–Crippen LogP) is 2.34. The molecule has 26 heavy (non-hydrogen) atoms. The van der Waals surface area contributed by atoms with E-state index in [1.807, 2.05) is 12.1 Å². The van der Waals surface area contributed by atoms with E-state index >= 15 is 0 Å². The lowest BCUT2D eigenvalue weighted by Crippen LogP contribution is -2.30. The first-order chi connectivity index (χ1) is 12.6. The van der Waals surface area contributed by atoms with Crippen LogP contribution in [0.25, 0.3) is 0 Å². The minimum Gasteiger partial charge on any atom is -0.497 e. The van der Waals surface area contributed by atoms with Gasteiger partial charge >= 0.3 is 0 Å². The number of amides is 2. The summed E-state index contributed by atoms with van der Waals surface area (Å²) in [6.07, 6.45) is 1.62. The second-order valence-corrected chi connectivity index (χ2v) is 5.89. The normalized spacial score (nSPS) is 16.9. The van der Waals surface area contributed by atoms with Crippen LogP contribution in [0.3, 0.4) is 0 Å². The van der Waals surface area contributed by atoms with Crippen molar-refractivity contribution in [1.82, 2.24) is 5.43 Å². The van der Waals surface area contributed by atoms with E-state index in [0.29, 0.717) is 5.69 Å². The Hall–Kier alpha value is -3.22. The molecule has 1 unspecified atom stereocenters. The molecule has 0 spiro atoms. The zero-order valence-corrected chi connectivity index (χ0v) is 14.2. The maximum atomic E-state index is 13.0. The summed E-state index contributed by atoms with van der Waals surface area (Å²) >= 11 is 0. The monoisotopic (exact) mass is 355 g/mol. The van der Waals surface area contributed by atoms with Gasteiger partial charge in [-0.15, -0.1) is 0 Å².